The lowest BCUT2D eigenvalue weighted by atomic mass is 9.94. The van der Waals surface area contributed by atoms with Crippen LogP contribution in [0.2, 0.25) is 0 Å². The molecule has 2 aliphatic rings. The average molecular weight is 347 g/mol. The molecular weight excluding hydrogens is 318 g/mol. The monoisotopic (exact) mass is 347 g/mol. The molecule has 25 heavy (non-hydrogen) atoms. The number of amides is 1. The Morgan fingerprint density at radius 1 is 1.16 bits per heavy atom. The van der Waals surface area contributed by atoms with Crippen LogP contribution in [0.3, 0.4) is 0 Å². The highest BCUT2D eigenvalue weighted by atomic mass is 16.7. The third-order valence-electron chi connectivity index (χ3n) is 4.79. The fourth-order valence-corrected chi connectivity index (χ4v) is 3.67. The first-order chi connectivity index (χ1) is 12.1. The van der Waals surface area contributed by atoms with E-state index in [9.17, 15) is 4.79 Å². The summed E-state index contributed by atoms with van der Waals surface area (Å²) in [5.41, 5.74) is 1.27. The summed E-state index contributed by atoms with van der Waals surface area (Å²) in [5.74, 6) is 1.28. The minimum absolute atomic E-state index is 0.0172. The van der Waals surface area contributed by atoms with E-state index in [1.807, 2.05) is 26.0 Å². The molecule has 5 heteroatoms. The first-order valence-electron chi connectivity index (χ1n) is 9.41. The third kappa shape index (κ3) is 5.19. The minimum atomic E-state index is -0.388. The number of nitrogens with one attached hydrogen (secondary N) is 1. The Morgan fingerprint density at radius 3 is 2.56 bits per heavy atom. The van der Waals surface area contributed by atoms with E-state index in [0.29, 0.717) is 19.1 Å². The van der Waals surface area contributed by atoms with Crippen molar-refractivity contribution in [1.82, 2.24) is 5.32 Å². The fourth-order valence-electron chi connectivity index (χ4n) is 3.67. The molecule has 1 heterocycles. The molecule has 1 aromatic carbocycles. The van der Waals surface area contributed by atoms with E-state index in [-0.39, 0.29) is 30.8 Å². The van der Waals surface area contributed by atoms with Crippen LogP contribution in [-0.4, -0.2) is 37.6 Å². The van der Waals surface area contributed by atoms with Crippen LogP contribution in [0.15, 0.2) is 24.3 Å². The highest BCUT2D eigenvalue weighted by molar-refractivity contribution is 5.76. The Balaban J connectivity index is 1.55. The maximum absolute atomic E-state index is 12.3. The molecule has 0 aromatic heterocycles. The Labute approximate surface area is 150 Å². The highest BCUT2D eigenvalue weighted by Gasteiger charge is 2.30. The lowest BCUT2D eigenvalue weighted by Crippen LogP contribution is -2.39. The summed E-state index contributed by atoms with van der Waals surface area (Å²) in [6.45, 7) is 5.40. The molecule has 1 aliphatic carbocycles. The van der Waals surface area contributed by atoms with Gasteiger partial charge in [-0.3, -0.25) is 4.79 Å². The number of carbonyl (C=O) groups is 1. The van der Waals surface area contributed by atoms with Crippen molar-refractivity contribution >= 4 is 5.91 Å². The van der Waals surface area contributed by atoms with Crippen LogP contribution in [0.5, 0.6) is 5.75 Å². The van der Waals surface area contributed by atoms with E-state index in [1.165, 1.54) is 5.56 Å². The number of ether oxygens (including phenoxy) is 3. The van der Waals surface area contributed by atoms with Gasteiger partial charge in [-0.05, 0) is 50.8 Å². The number of rotatable bonds is 6. The van der Waals surface area contributed by atoms with E-state index >= 15 is 0 Å². The molecule has 138 valence electrons. The molecule has 1 N–H and O–H groups in total. The van der Waals surface area contributed by atoms with Crippen LogP contribution in [0.1, 0.15) is 57.4 Å². The molecule has 0 radical (unpaired) electrons. The molecule has 2 atom stereocenters. The maximum atomic E-state index is 12.3. The zero-order valence-electron chi connectivity index (χ0n) is 15.2. The molecule has 1 aliphatic heterocycles. The highest BCUT2D eigenvalue weighted by Crippen LogP contribution is 2.35. The summed E-state index contributed by atoms with van der Waals surface area (Å²) >= 11 is 0. The predicted octanol–water partition coefficient (Wildman–Crippen LogP) is 3.38. The van der Waals surface area contributed by atoms with Gasteiger partial charge in [0.25, 0.3) is 0 Å². The van der Waals surface area contributed by atoms with Gasteiger partial charge in [0.1, 0.15) is 5.75 Å². The molecule has 2 fully saturated rings. The fraction of sp³-hybridized carbons (Fsp3) is 0.650. The average Bonchev–Trinajstić information content (AvgIpc) is 3.04. The Morgan fingerprint density at radius 2 is 1.88 bits per heavy atom. The largest absolute Gasteiger partial charge is 0.491 e. The Kier molecular flexibility index (Phi) is 6.32. The number of hydrogen-bond acceptors (Lipinski definition) is 4. The van der Waals surface area contributed by atoms with Crippen molar-refractivity contribution < 1.29 is 19.0 Å². The van der Waals surface area contributed by atoms with E-state index < -0.39 is 0 Å². The van der Waals surface area contributed by atoms with E-state index in [4.69, 9.17) is 14.2 Å². The summed E-state index contributed by atoms with van der Waals surface area (Å²) in [6, 6.07) is 8.49. The topological polar surface area (TPSA) is 56.8 Å². The van der Waals surface area contributed by atoms with Gasteiger partial charge in [-0.2, -0.15) is 0 Å². The van der Waals surface area contributed by atoms with Crippen LogP contribution in [0.25, 0.3) is 0 Å². The zero-order valence-corrected chi connectivity index (χ0v) is 15.2. The minimum Gasteiger partial charge on any atom is -0.491 e. The molecular formula is C20H29NO4. The van der Waals surface area contributed by atoms with Crippen molar-refractivity contribution in [1.29, 1.82) is 0 Å². The summed E-state index contributed by atoms with van der Waals surface area (Å²) in [6.07, 6.45) is 4.23. The second-order valence-electron chi connectivity index (χ2n) is 7.18. The molecule has 0 bridgehead atoms. The second kappa shape index (κ2) is 8.68. The number of hydrogen-bond donors (Lipinski definition) is 1. The molecule has 1 aromatic rings. The zero-order chi connectivity index (χ0) is 17.6. The van der Waals surface area contributed by atoms with Gasteiger partial charge >= 0.3 is 0 Å². The summed E-state index contributed by atoms with van der Waals surface area (Å²) < 4.78 is 16.7. The normalized spacial score (nSPS) is 24.4. The Bertz CT molecular complexity index is 551. The molecule has 0 unspecified atom stereocenters. The summed E-state index contributed by atoms with van der Waals surface area (Å²) in [5, 5.41) is 3.19. The van der Waals surface area contributed by atoms with Gasteiger partial charge < -0.3 is 19.5 Å². The van der Waals surface area contributed by atoms with E-state index in [1.54, 1.807) is 0 Å². The lowest BCUT2D eigenvalue weighted by molar-refractivity contribution is -0.184. The number of benzene rings is 1. The van der Waals surface area contributed by atoms with E-state index in [0.717, 1.165) is 31.4 Å². The lowest BCUT2D eigenvalue weighted by Gasteiger charge is -2.25. The van der Waals surface area contributed by atoms with Crippen LogP contribution in [-0.2, 0) is 14.3 Å². The van der Waals surface area contributed by atoms with Gasteiger partial charge in [0.05, 0.1) is 25.7 Å². The smallest absolute Gasteiger partial charge is 0.225 e. The molecule has 3 rings (SSSR count). The standard InChI is InChI=1S/C20H29NO4/c1-14(2)25-16-9-7-15(8-10-16)17-5-3-6-18(17)21-19(22)13-20-23-11-4-12-24-20/h7-10,14,17-18,20H,3-6,11-13H2,1-2H3,(H,21,22)/t17-,18-/m1/s1. The van der Waals surface area contributed by atoms with Crippen molar-refractivity contribution in [3.63, 3.8) is 0 Å². The number of carbonyl (C=O) groups excluding carboxylic acids is 1. The predicted molar refractivity (Wildman–Crippen MR) is 95.7 cm³/mol. The van der Waals surface area contributed by atoms with Gasteiger partial charge in [-0.1, -0.05) is 18.6 Å². The van der Waals surface area contributed by atoms with Crippen LogP contribution >= 0.6 is 0 Å². The van der Waals surface area contributed by atoms with Crippen molar-refractivity contribution in [2.75, 3.05) is 13.2 Å². The van der Waals surface area contributed by atoms with Crippen molar-refractivity contribution in [2.45, 2.75) is 70.3 Å². The van der Waals surface area contributed by atoms with Crippen LogP contribution in [0.4, 0.5) is 0 Å². The molecule has 5 nitrogen and oxygen atoms in total. The van der Waals surface area contributed by atoms with Crippen molar-refractivity contribution in [3.8, 4) is 5.75 Å². The van der Waals surface area contributed by atoms with E-state index in [2.05, 4.69) is 17.4 Å². The molecule has 1 saturated carbocycles. The molecule has 1 saturated heterocycles. The summed E-state index contributed by atoms with van der Waals surface area (Å²) in [4.78, 5) is 12.3. The SMILES string of the molecule is CC(C)Oc1ccc([C@H]2CCC[C@H]2NC(=O)CC2OCCCO2)cc1. The van der Waals surface area contributed by atoms with Gasteiger partial charge in [-0.25, -0.2) is 0 Å². The third-order valence-corrected chi connectivity index (χ3v) is 4.79. The Hall–Kier alpha value is -1.59. The second-order valence-corrected chi connectivity index (χ2v) is 7.18. The van der Waals surface area contributed by atoms with Crippen LogP contribution < -0.4 is 10.1 Å². The van der Waals surface area contributed by atoms with Crippen molar-refractivity contribution in [2.24, 2.45) is 0 Å². The summed E-state index contributed by atoms with van der Waals surface area (Å²) in [7, 11) is 0. The van der Waals surface area contributed by atoms with Gasteiger partial charge in [0.15, 0.2) is 6.29 Å². The van der Waals surface area contributed by atoms with Gasteiger partial charge in [0, 0.05) is 12.0 Å². The molecule has 0 spiro atoms. The van der Waals surface area contributed by atoms with Gasteiger partial charge in [-0.15, -0.1) is 0 Å². The quantitative estimate of drug-likeness (QED) is 0.857. The first kappa shape index (κ1) is 18.2. The van der Waals surface area contributed by atoms with Crippen molar-refractivity contribution in [3.05, 3.63) is 29.8 Å². The first-order valence-corrected chi connectivity index (χ1v) is 9.41. The molecule has 1 amide bonds. The maximum Gasteiger partial charge on any atom is 0.225 e. The van der Waals surface area contributed by atoms with Crippen LogP contribution in [0, 0.1) is 0 Å². The van der Waals surface area contributed by atoms with Gasteiger partial charge in [0.2, 0.25) is 5.91 Å².